The van der Waals surface area contributed by atoms with Gasteiger partial charge in [-0.2, -0.15) is 0 Å². The summed E-state index contributed by atoms with van der Waals surface area (Å²) in [4.78, 5) is 17.4. The third-order valence-corrected chi connectivity index (χ3v) is 3.62. The summed E-state index contributed by atoms with van der Waals surface area (Å²) in [7, 11) is 3.47. The van der Waals surface area contributed by atoms with Gasteiger partial charge in [0, 0.05) is 25.3 Å². The van der Waals surface area contributed by atoms with E-state index >= 15 is 0 Å². The number of halogens is 1. The summed E-state index contributed by atoms with van der Waals surface area (Å²) in [6.45, 7) is 0.623. The molecular weight excluding hydrogens is 282 g/mol. The quantitative estimate of drug-likeness (QED) is 0.942. The predicted molar refractivity (Wildman–Crippen MR) is 78.9 cm³/mol. The first-order valence-electron chi connectivity index (χ1n) is 5.72. The zero-order valence-corrected chi connectivity index (χ0v) is 12.3. The molecule has 1 amide bonds. The minimum absolute atomic E-state index is 0.00162. The van der Waals surface area contributed by atoms with Crippen LogP contribution in [0, 0.1) is 0 Å². The first kappa shape index (κ1) is 13.8. The number of carbonyl (C=O) groups excluding carboxylic acids is 1. The van der Waals surface area contributed by atoms with E-state index < -0.39 is 0 Å². The highest BCUT2D eigenvalue weighted by Gasteiger charge is 2.07. The van der Waals surface area contributed by atoms with Crippen LogP contribution in [0.15, 0.2) is 30.5 Å². The van der Waals surface area contributed by atoms with Crippen molar-refractivity contribution in [3.8, 4) is 0 Å². The van der Waals surface area contributed by atoms with Crippen molar-refractivity contribution in [2.24, 2.45) is 0 Å². The van der Waals surface area contributed by atoms with Gasteiger partial charge in [-0.1, -0.05) is 11.6 Å². The number of hydrogen-bond donors (Lipinski definition) is 1. The number of anilines is 1. The van der Waals surface area contributed by atoms with E-state index in [1.807, 2.05) is 12.1 Å². The van der Waals surface area contributed by atoms with Crippen molar-refractivity contribution in [1.82, 2.24) is 9.88 Å². The Morgan fingerprint density at radius 1 is 1.37 bits per heavy atom. The van der Waals surface area contributed by atoms with Crippen LogP contribution in [0.2, 0.25) is 4.34 Å². The second-order valence-corrected chi connectivity index (χ2v) is 5.94. The first-order valence-corrected chi connectivity index (χ1v) is 6.91. The molecule has 2 rings (SSSR count). The van der Waals surface area contributed by atoms with Gasteiger partial charge in [0.15, 0.2) is 0 Å². The number of thiazole rings is 1. The van der Waals surface area contributed by atoms with E-state index in [0.717, 1.165) is 10.7 Å². The van der Waals surface area contributed by atoms with Gasteiger partial charge in [-0.3, -0.25) is 4.79 Å². The molecule has 0 atom stereocenters. The molecule has 0 radical (unpaired) electrons. The Labute approximate surface area is 121 Å². The number of carbonyl (C=O) groups is 1. The summed E-state index contributed by atoms with van der Waals surface area (Å²) in [5.74, 6) is -0.00162. The molecule has 6 heteroatoms. The molecule has 0 saturated carbocycles. The summed E-state index contributed by atoms with van der Waals surface area (Å²) in [5, 5.41) is 4.16. The Hall–Kier alpha value is -1.59. The molecule has 0 spiro atoms. The van der Waals surface area contributed by atoms with Crippen LogP contribution in [0.25, 0.3) is 0 Å². The van der Waals surface area contributed by atoms with Gasteiger partial charge >= 0.3 is 0 Å². The lowest BCUT2D eigenvalue weighted by molar-refractivity contribution is 0.0827. The molecule has 1 aromatic carbocycles. The number of hydrogen-bond acceptors (Lipinski definition) is 4. The van der Waals surface area contributed by atoms with Crippen molar-refractivity contribution >= 4 is 34.5 Å². The lowest BCUT2D eigenvalue weighted by Gasteiger charge is -2.11. The molecule has 1 heterocycles. The summed E-state index contributed by atoms with van der Waals surface area (Å²) < 4.78 is 0.684. The smallest absolute Gasteiger partial charge is 0.253 e. The van der Waals surface area contributed by atoms with Gasteiger partial charge in [-0.15, -0.1) is 11.3 Å². The number of benzene rings is 1. The van der Waals surface area contributed by atoms with E-state index in [0.29, 0.717) is 16.4 Å². The van der Waals surface area contributed by atoms with Crippen LogP contribution in [-0.2, 0) is 6.54 Å². The molecule has 0 fully saturated rings. The number of rotatable bonds is 4. The monoisotopic (exact) mass is 295 g/mol. The van der Waals surface area contributed by atoms with Crippen LogP contribution in [-0.4, -0.2) is 29.9 Å². The second-order valence-electron chi connectivity index (χ2n) is 4.19. The average molecular weight is 296 g/mol. The maximum atomic E-state index is 11.7. The summed E-state index contributed by atoms with van der Waals surface area (Å²) in [5.41, 5.74) is 1.62. The minimum atomic E-state index is -0.00162. The van der Waals surface area contributed by atoms with Crippen molar-refractivity contribution < 1.29 is 4.79 Å². The molecule has 0 unspecified atom stereocenters. The molecule has 2 aromatic rings. The molecule has 1 aromatic heterocycles. The number of amides is 1. The lowest BCUT2D eigenvalue weighted by atomic mass is 10.2. The van der Waals surface area contributed by atoms with Gasteiger partial charge in [0.05, 0.1) is 12.7 Å². The third-order valence-electron chi connectivity index (χ3n) is 2.51. The zero-order valence-electron chi connectivity index (χ0n) is 10.7. The van der Waals surface area contributed by atoms with Gasteiger partial charge in [0.25, 0.3) is 5.91 Å². The molecule has 0 bridgehead atoms. The standard InChI is InChI=1S/C13H14ClN3OS/c1-17(2)13(18)9-3-5-10(6-4-9)15-8-12-16-7-11(14)19-12/h3-7,15H,8H2,1-2H3. The topological polar surface area (TPSA) is 45.2 Å². The normalized spacial score (nSPS) is 10.3. The molecular formula is C13H14ClN3OS. The highest BCUT2D eigenvalue weighted by atomic mass is 35.5. The van der Waals surface area contributed by atoms with Gasteiger partial charge in [-0.05, 0) is 24.3 Å². The molecule has 4 nitrogen and oxygen atoms in total. The maximum Gasteiger partial charge on any atom is 0.253 e. The van der Waals surface area contributed by atoms with E-state index in [-0.39, 0.29) is 5.91 Å². The Morgan fingerprint density at radius 3 is 2.58 bits per heavy atom. The number of aromatic nitrogens is 1. The Bertz CT molecular complexity index is 566. The fourth-order valence-electron chi connectivity index (χ4n) is 1.54. The van der Waals surface area contributed by atoms with Crippen LogP contribution in [0.4, 0.5) is 5.69 Å². The van der Waals surface area contributed by atoms with Gasteiger partial charge < -0.3 is 10.2 Å². The number of nitrogens with zero attached hydrogens (tertiary/aromatic N) is 2. The Balaban J connectivity index is 1.97. The summed E-state index contributed by atoms with van der Waals surface area (Å²) >= 11 is 7.26. The fourth-order valence-corrected chi connectivity index (χ4v) is 2.43. The SMILES string of the molecule is CN(C)C(=O)c1ccc(NCc2ncc(Cl)s2)cc1. The van der Waals surface area contributed by atoms with Crippen molar-refractivity contribution in [3.63, 3.8) is 0 Å². The van der Waals surface area contributed by atoms with Crippen LogP contribution in [0.5, 0.6) is 0 Å². The molecule has 0 saturated heterocycles. The largest absolute Gasteiger partial charge is 0.379 e. The molecule has 0 aliphatic rings. The fraction of sp³-hybridized carbons (Fsp3) is 0.231. The van der Waals surface area contributed by atoms with Crippen molar-refractivity contribution in [3.05, 3.63) is 45.4 Å². The van der Waals surface area contributed by atoms with E-state index in [1.165, 1.54) is 11.3 Å². The molecule has 19 heavy (non-hydrogen) atoms. The average Bonchev–Trinajstić information content (AvgIpc) is 2.82. The minimum Gasteiger partial charge on any atom is -0.379 e. The highest BCUT2D eigenvalue weighted by molar-refractivity contribution is 7.15. The van der Waals surface area contributed by atoms with Crippen molar-refractivity contribution in [2.75, 3.05) is 19.4 Å². The Kier molecular flexibility index (Phi) is 4.39. The molecule has 0 aliphatic carbocycles. The maximum absolute atomic E-state index is 11.7. The first-order chi connectivity index (χ1) is 9.06. The lowest BCUT2D eigenvalue weighted by Crippen LogP contribution is -2.21. The van der Waals surface area contributed by atoms with E-state index in [2.05, 4.69) is 10.3 Å². The van der Waals surface area contributed by atoms with Gasteiger partial charge in [0.2, 0.25) is 0 Å². The summed E-state index contributed by atoms with van der Waals surface area (Å²) in [6, 6.07) is 7.37. The van der Waals surface area contributed by atoms with Crippen LogP contribution < -0.4 is 5.32 Å². The zero-order chi connectivity index (χ0) is 13.8. The van der Waals surface area contributed by atoms with Crippen LogP contribution >= 0.6 is 22.9 Å². The van der Waals surface area contributed by atoms with Gasteiger partial charge in [0.1, 0.15) is 9.34 Å². The van der Waals surface area contributed by atoms with Crippen molar-refractivity contribution in [1.29, 1.82) is 0 Å². The van der Waals surface area contributed by atoms with E-state index in [4.69, 9.17) is 11.6 Å². The van der Waals surface area contributed by atoms with Gasteiger partial charge in [-0.25, -0.2) is 4.98 Å². The highest BCUT2D eigenvalue weighted by Crippen LogP contribution is 2.19. The van der Waals surface area contributed by atoms with E-state index in [9.17, 15) is 4.79 Å². The third kappa shape index (κ3) is 3.68. The number of nitrogens with one attached hydrogen (secondary N) is 1. The summed E-state index contributed by atoms with van der Waals surface area (Å²) in [6.07, 6.45) is 1.64. The van der Waals surface area contributed by atoms with E-state index in [1.54, 1.807) is 37.3 Å². The predicted octanol–water partition coefficient (Wildman–Crippen LogP) is 3.11. The van der Waals surface area contributed by atoms with Crippen LogP contribution in [0.1, 0.15) is 15.4 Å². The Morgan fingerprint density at radius 2 is 2.05 bits per heavy atom. The molecule has 1 N–H and O–H groups in total. The molecule has 100 valence electrons. The van der Waals surface area contributed by atoms with Crippen LogP contribution in [0.3, 0.4) is 0 Å². The van der Waals surface area contributed by atoms with Crippen molar-refractivity contribution in [2.45, 2.75) is 6.54 Å². The molecule has 0 aliphatic heterocycles. The second kappa shape index (κ2) is 6.04.